The number of amides is 2. The second-order valence-electron chi connectivity index (χ2n) is 12.7. The predicted molar refractivity (Wildman–Crippen MR) is 157 cm³/mol. The molecule has 23 heteroatoms. The minimum Gasteiger partial charge on any atom is -0.394 e. The molecule has 0 aromatic carbocycles. The summed E-state index contributed by atoms with van der Waals surface area (Å²) >= 11 is 0. The molecule has 23 nitrogen and oxygen atoms in total. The zero-order chi connectivity index (χ0) is 37.9. The molecule has 2 amide bonds. The van der Waals surface area contributed by atoms with Gasteiger partial charge in [0.1, 0.15) is 97.5 Å². The van der Waals surface area contributed by atoms with Crippen LogP contribution in [0.4, 0.5) is 0 Å². The highest BCUT2D eigenvalue weighted by atomic mass is 16.8. The van der Waals surface area contributed by atoms with Crippen LogP contribution in [0.2, 0.25) is 0 Å². The van der Waals surface area contributed by atoms with Crippen molar-refractivity contribution in [3.05, 3.63) is 0 Å². The first kappa shape index (κ1) is 41.9. The normalized spacial score (nSPS) is 47.8. The molecule has 4 heterocycles. The van der Waals surface area contributed by atoms with Crippen LogP contribution in [0.1, 0.15) is 13.8 Å². The van der Waals surface area contributed by atoms with Crippen molar-refractivity contribution >= 4 is 11.8 Å². The van der Waals surface area contributed by atoms with Gasteiger partial charge in [-0.05, 0) is 0 Å². The summed E-state index contributed by atoms with van der Waals surface area (Å²) in [5, 5.41) is 129. The van der Waals surface area contributed by atoms with Gasteiger partial charge in [0.25, 0.3) is 0 Å². The lowest BCUT2D eigenvalue weighted by Crippen LogP contribution is -2.68. The number of carbonyl (C=O) groups is 2. The maximum Gasteiger partial charge on any atom is 0.217 e. The molecular weight excluding hydrogens is 700 g/mol. The fourth-order valence-electron chi connectivity index (χ4n) is 6.12. The van der Waals surface area contributed by atoms with Gasteiger partial charge < -0.3 is 105 Å². The van der Waals surface area contributed by atoms with E-state index in [1.54, 1.807) is 0 Å². The smallest absolute Gasteiger partial charge is 0.217 e. The molecule has 51 heavy (non-hydrogen) atoms. The molecule has 14 N–H and O–H groups in total. The Morgan fingerprint density at radius 3 is 1.43 bits per heavy atom. The zero-order valence-electron chi connectivity index (χ0n) is 27.4. The summed E-state index contributed by atoms with van der Waals surface area (Å²) in [6, 6.07) is -2.90. The maximum absolute atomic E-state index is 11.9. The first-order valence-corrected chi connectivity index (χ1v) is 16.1. The number of aliphatic hydroxyl groups excluding tert-OH is 12. The van der Waals surface area contributed by atoms with Gasteiger partial charge in [0.2, 0.25) is 11.8 Å². The molecule has 1 unspecified atom stereocenters. The monoisotopic (exact) mass is 748 g/mol. The van der Waals surface area contributed by atoms with E-state index in [1.807, 2.05) is 0 Å². The Hall–Kier alpha value is -1.82. The number of carbonyl (C=O) groups excluding carboxylic acids is 2. The van der Waals surface area contributed by atoms with E-state index in [-0.39, 0.29) is 0 Å². The third kappa shape index (κ3) is 9.47. The summed E-state index contributed by atoms with van der Waals surface area (Å²) in [6.07, 6.45) is -31.1. The van der Waals surface area contributed by atoms with E-state index >= 15 is 0 Å². The maximum atomic E-state index is 11.9. The summed E-state index contributed by atoms with van der Waals surface area (Å²) in [6.45, 7) is -0.816. The number of aliphatic hydroxyl groups is 12. The van der Waals surface area contributed by atoms with Crippen LogP contribution in [0.15, 0.2) is 0 Å². The van der Waals surface area contributed by atoms with Crippen molar-refractivity contribution < 1.29 is 104 Å². The quantitative estimate of drug-likeness (QED) is 0.0881. The molecule has 0 aliphatic carbocycles. The fourth-order valence-corrected chi connectivity index (χ4v) is 6.12. The molecule has 4 aliphatic rings. The second-order valence-corrected chi connectivity index (χ2v) is 12.7. The highest BCUT2D eigenvalue weighted by Crippen LogP contribution is 2.32. The average Bonchev–Trinajstić information content (AvgIpc) is 3.08. The van der Waals surface area contributed by atoms with Crippen LogP contribution < -0.4 is 10.6 Å². The second kappa shape index (κ2) is 18.0. The number of ether oxygens (including phenoxy) is 7. The highest BCUT2D eigenvalue weighted by molar-refractivity contribution is 5.73. The summed E-state index contributed by atoms with van der Waals surface area (Å²) < 4.78 is 39.3. The van der Waals surface area contributed by atoms with Gasteiger partial charge >= 0.3 is 0 Å². The third-order valence-electron chi connectivity index (χ3n) is 8.97. The number of rotatable bonds is 12. The number of nitrogens with one attached hydrogen (secondary N) is 2. The third-order valence-corrected chi connectivity index (χ3v) is 8.97. The van der Waals surface area contributed by atoms with Crippen LogP contribution in [0.3, 0.4) is 0 Å². The Kier molecular flexibility index (Phi) is 14.8. The minimum atomic E-state index is -2.00. The lowest BCUT2D eigenvalue weighted by atomic mass is 9.95. The van der Waals surface area contributed by atoms with E-state index in [0.717, 1.165) is 13.8 Å². The largest absolute Gasteiger partial charge is 0.394 e. The minimum absolute atomic E-state index is 0.651. The van der Waals surface area contributed by atoms with Crippen LogP contribution in [-0.2, 0) is 42.7 Å². The average molecular weight is 749 g/mol. The molecule has 4 saturated heterocycles. The van der Waals surface area contributed by atoms with Crippen molar-refractivity contribution in [1.29, 1.82) is 0 Å². The van der Waals surface area contributed by atoms with Crippen LogP contribution in [-0.4, -0.2) is 222 Å². The molecule has 296 valence electrons. The fraction of sp³-hybridized carbons (Fsp3) is 0.929. The van der Waals surface area contributed by atoms with E-state index in [9.17, 15) is 70.9 Å². The SMILES string of the molecule is CC(=O)N[C@H]1[C@H](OC[C@H]2O[C@H](OC[C@H]3OC(O)[C@@H](O)[C@@H](O)[C@@H]3O)[C@@H](O[C@@H]3O[C@H](CO)[C@@H](O)[C@H](O)[C@H]3NC(C)=O)[C@@H](O)[C@@H]2O)O[C@H](CO)[C@@H](O)[C@@H]1O. The number of hydrogen-bond donors (Lipinski definition) is 14. The molecule has 0 spiro atoms. The lowest BCUT2D eigenvalue weighted by molar-refractivity contribution is -0.366. The van der Waals surface area contributed by atoms with Gasteiger partial charge in [0, 0.05) is 13.8 Å². The van der Waals surface area contributed by atoms with Crippen molar-refractivity contribution in [2.75, 3.05) is 26.4 Å². The zero-order valence-corrected chi connectivity index (χ0v) is 27.4. The molecule has 4 rings (SSSR count). The Balaban J connectivity index is 1.57. The van der Waals surface area contributed by atoms with E-state index in [0.29, 0.717) is 0 Å². The molecule has 0 radical (unpaired) electrons. The summed E-state index contributed by atoms with van der Waals surface area (Å²) in [5.74, 6) is -1.36. The van der Waals surface area contributed by atoms with Gasteiger partial charge in [-0.15, -0.1) is 0 Å². The van der Waals surface area contributed by atoms with Crippen LogP contribution in [0.25, 0.3) is 0 Å². The molecule has 4 aliphatic heterocycles. The van der Waals surface area contributed by atoms with E-state index in [2.05, 4.69) is 10.6 Å². The van der Waals surface area contributed by atoms with Crippen LogP contribution >= 0.6 is 0 Å². The first-order chi connectivity index (χ1) is 24.0. The topological polar surface area (TPSA) is 366 Å². The summed E-state index contributed by atoms with van der Waals surface area (Å²) in [7, 11) is 0. The first-order valence-electron chi connectivity index (χ1n) is 16.1. The molecular formula is C28H48N2O21. The molecule has 0 aromatic heterocycles. The van der Waals surface area contributed by atoms with E-state index < -0.39 is 161 Å². The Labute approximate surface area is 289 Å². The van der Waals surface area contributed by atoms with Gasteiger partial charge in [-0.25, -0.2) is 0 Å². The van der Waals surface area contributed by atoms with Gasteiger partial charge in [0.05, 0.1) is 26.4 Å². The Bertz CT molecular complexity index is 1140. The van der Waals surface area contributed by atoms with Crippen molar-refractivity contribution in [3.63, 3.8) is 0 Å². The molecule has 0 saturated carbocycles. The lowest BCUT2D eigenvalue weighted by Gasteiger charge is -2.48. The Morgan fingerprint density at radius 2 is 0.922 bits per heavy atom. The van der Waals surface area contributed by atoms with Gasteiger partial charge in [0.15, 0.2) is 25.2 Å². The van der Waals surface area contributed by atoms with Gasteiger partial charge in [-0.1, -0.05) is 0 Å². The predicted octanol–water partition coefficient (Wildman–Crippen LogP) is -9.46. The molecule has 20 atom stereocenters. The van der Waals surface area contributed by atoms with Crippen molar-refractivity contribution in [3.8, 4) is 0 Å². The van der Waals surface area contributed by atoms with E-state index in [1.165, 1.54) is 0 Å². The van der Waals surface area contributed by atoms with Crippen LogP contribution in [0, 0.1) is 0 Å². The van der Waals surface area contributed by atoms with Crippen molar-refractivity contribution in [2.45, 2.75) is 137 Å². The van der Waals surface area contributed by atoms with Crippen LogP contribution in [0.5, 0.6) is 0 Å². The van der Waals surface area contributed by atoms with Crippen molar-refractivity contribution in [1.82, 2.24) is 10.6 Å². The summed E-state index contributed by atoms with van der Waals surface area (Å²) in [5.41, 5.74) is 0. The summed E-state index contributed by atoms with van der Waals surface area (Å²) in [4.78, 5) is 23.7. The van der Waals surface area contributed by atoms with Crippen molar-refractivity contribution in [2.24, 2.45) is 0 Å². The highest BCUT2D eigenvalue weighted by Gasteiger charge is 2.53. The molecule has 4 fully saturated rings. The van der Waals surface area contributed by atoms with E-state index in [4.69, 9.17) is 33.2 Å². The van der Waals surface area contributed by atoms with Gasteiger partial charge in [-0.2, -0.15) is 0 Å². The standard InChI is InChI=1S/C28H48N2O21/c1-7(33)29-13-19(39)15(35)9(3-31)48-26(13)45-6-12-18(38)22(42)24(28(50-12)46-5-11-17(37)21(41)23(43)25(44)47-11)51-27-14(30-8(2)34)20(40)16(36)10(4-32)49-27/h9-28,31-32,35-44H,3-6H2,1-2H3,(H,29,33)(H,30,34)/t9-,10-,11-,12-,13-,14-,15-,16-,17-,18-,19-,20-,21+,22+,23+,24+,25?,26-,27+,28+/m1/s1. The molecule has 0 aromatic rings. The number of hydrogen-bond acceptors (Lipinski definition) is 21. The van der Waals surface area contributed by atoms with Gasteiger partial charge in [-0.3, -0.25) is 9.59 Å². The Morgan fingerprint density at radius 1 is 0.510 bits per heavy atom. The molecule has 0 bridgehead atoms.